The van der Waals surface area contributed by atoms with Crippen molar-refractivity contribution in [3.8, 4) is 0 Å². The summed E-state index contributed by atoms with van der Waals surface area (Å²) in [5, 5.41) is 8.17. The lowest BCUT2D eigenvalue weighted by atomic mass is 10.2. The number of hydrogen-bond acceptors (Lipinski definition) is 2. The fourth-order valence-electron chi connectivity index (χ4n) is 2.00. The molecule has 1 heterocycles. The van der Waals surface area contributed by atoms with Crippen LogP contribution in [0.2, 0.25) is 0 Å². The Morgan fingerprint density at radius 2 is 2.18 bits per heavy atom. The van der Waals surface area contributed by atoms with Crippen LogP contribution >= 0.6 is 0 Å². The van der Waals surface area contributed by atoms with Crippen molar-refractivity contribution >= 4 is 0 Å². The molecule has 1 aliphatic carbocycles. The lowest BCUT2D eigenvalue weighted by Gasteiger charge is -2.07. The maximum Gasteiger partial charge on any atom is 0.0641 e. The van der Waals surface area contributed by atoms with Gasteiger partial charge in [0, 0.05) is 23.8 Å². The summed E-state index contributed by atoms with van der Waals surface area (Å²) in [4.78, 5) is 0. The minimum absolute atomic E-state index is 0.753. The Hall–Kier alpha value is -1.09. The maximum atomic E-state index is 4.61. The maximum absolute atomic E-state index is 4.61. The summed E-state index contributed by atoms with van der Waals surface area (Å²) in [5.41, 5.74) is 5.03. The number of nitrogens with zero attached hydrogens (tertiary/aromatic N) is 2. The van der Waals surface area contributed by atoms with Crippen molar-refractivity contribution in [1.82, 2.24) is 15.1 Å². The van der Waals surface area contributed by atoms with Gasteiger partial charge in [-0.25, -0.2) is 0 Å². The van der Waals surface area contributed by atoms with Crippen molar-refractivity contribution < 1.29 is 0 Å². The molecule has 1 fully saturated rings. The van der Waals surface area contributed by atoms with E-state index in [4.69, 9.17) is 0 Å². The molecule has 3 nitrogen and oxygen atoms in total. The molecule has 1 N–H and O–H groups in total. The van der Waals surface area contributed by atoms with E-state index in [-0.39, 0.29) is 0 Å². The van der Waals surface area contributed by atoms with Gasteiger partial charge in [0.25, 0.3) is 0 Å². The summed E-state index contributed by atoms with van der Waals surface area (Å²) in [6.07, 6.45) is 3.69. The number of allylic oxidation sites excluding steroid dienone is 1. The summed E-state index contributed by atoms with van der Waals surface area (Å²) >= 11 is 0. The zero-order valence-corrected chi connectivity index (χ0v) is 11.2. The number of nitrogens with one attached hydrogen (secondary N) is 1. The third kappa shape index (κ3) is 2.97. The Morgan fingerprint density at radius 3 is 2.76 bits per heavy atom. The van der Waals surface area contributed by atoms with Gasteiger partial charge < -0.3 is 5.32 Å². The zero-order chi connectivity index (χ0) is 12.4. The summed E-state index contributed by atoms with van der Waals surface area (Å²) in [6.45, 7) is 12.3. The highest BCUT2D eigenvalue weighted by Crippen LogP contribution is 2.21. The van der Waals surface area contributed by atoms with Crippen molar-refractivity contribution in [3.63, 3.8) is 0 Å². The molecule has 0 bridgehead atoms. The standard InChI is InChI=1S/C14H23N3/c1-5-10(2)9-17-12(4)14(11(3)16-17)8-15-13-6-7-13/h13,15H,2,5-9H2,1,3-4H3. The third-order valence-corrected chi connectivity index (χ3v) is 3.55. The molecule has 0 spiro atoms. The van der Waals surface area contributed by atoms with E-state index in [9.17, 15) is 0 Å². The van der Waals surface area contributed by atoms with Crippen molar-refractivity contribution in [3.05, 3.63) is 29.1 Å². The first-order valence-corrected chi connectivity index (χ1v) is 6.54. The van der Waals surface area contributed by atoms with Gasteiger partial charge in [0.15, 0.2) is 0 Å². The first-order valence-electron chi connectivity index (χ1n) is 6.54. The van der Waals surface area contributed by atoms with E-state index in [0.717, 1.165) is 31.2 Å². The number of rotatable bonds is 6. The average Bonchev–Trinajstić information content (AvgIpc) is 3.07. The van der Waals surface area contributed by atoms with Gasteiger partial charge in [-0.2, -0.15) is 5.10 Å². The Bertz CT molecular complexity index is 413. The van der Waals surface area contributed by atoms with Gasteiger partial charge in [-0.05, 0) is 33.1 Å². The third-order valence-electron chi connectivity index (χ3n) is 3.55. The molecule has 0 amide bonds. The highest BCUT2D eigenvalue weighted by atomic mass is 15.3. The monoisotopic (exact) mass is 233 g/mol. The Morgan fingerprint density at radius 1 is 1.47 bits per heavy atom. The van der Waals surface area contributed by atoms with Crippen molar-refractivity contribution in [1.29, 1.82) is 0 Å². The minimum Gasteiger partial charge on any atom is -0.310 e. The summed E-state index contributed by atoms with van der Waals surface area (Å²) in [6, 6.07) is 0.753. The number of aromatic nitrogens is 2. The van der Waals surface area contributed by atoms with E-state index in [1.54, 1.807) is 0 Å². The largest absolute Gasteiger partial charge is 0.310 e. The van der Waals surface area contributed by atoms with Crippen LogP contribution in [0, 0.1) is 13.8 Å². The quantitative estimate of drug-likeness (QED) is 0.766. The predicted octanol–water partition coefficient (Wildman–Crippen LogP) is 2.72. The van der Waals surface area contributed by atoms with Gasteiger partial charge in [0.05, 0.1) is 12.2 Å². The second-order valence-corrected chi connectivity index (χ2v) is 5.07. The van der Waals surface area contributed by atoms with Gasteiger partial charge >= 0.3 is 0 Å². The van der Waals surface area contributed by atoms with Crippen LogP contribution in [0.5, 0.6) is 0 Å². The first-order chi connectivity index (χ1) is 8.11. The van der Waals surface area contributed by atoms with Crippen molar-refractivity contribution in [2.45, 2.75) is 59.2 Å². The fraction of sp³-hybridized carbons (Fsp3) is 0.643. The number of aryl methyl sites for hydroxylation is 1. The first kappa shape index (κ1) is 12.4. The molecule has 1 saturated carbocycles. The lowest BCUT2D eigenvalue weighted by Crippen LogP contribution is -2.16. The molecule has 1 aromatic rings. The van der Waals surface area contributed by atoms with Crippen LogP contribution in [-0.4, -0.2) is 15.8 Å². The fourth-order valence-corrected chi connectivity index (χ4v) is 2.00. The lowest BCUT2D eigenvalue weighted by molar-refractivity contribution is 0.635. The van der Waals surface area contributed by atoms with E-state index >= 15 is 0 Å². The van der Waals surface area contributed by atoms with E-state index in [2.05, 4.69) is 42.4 Å². The van der Waals surface area contributed by atoms with Crippen LogP contribution in [0.1, 0.15) is 43.1 Å². The van der Waals surface area contributed by atoms with Crippen LogP contribution in [0.15, 0.2) is 12.2 Å². The molecule has 94 valence electrons. The molecule has 17 heavy (non-hydrogen) atoms. The SMILES string of the molecule is C=C(CC)Cn1nc(C)c(CNC2CC2)c1C. The molecular weight excluding hydrogens is 210 g/mol. The molecule has 2 rings (SSSR count). The Labute approximate surface area is 104 Å². The van der Waals surface area contributed by atoms with Gasteiger partial charge in [0.2, 0.25) is 0 Å². The number of hydrogen-bond donors (Lipinski definition) is 1. The molecule has 0 radical (unpaired) electrons. The molecule has 0 aliphatic heterocycles. The summed E-state index contributed by atoms with van der Waals surface area (Å²) < 4.78 is 2.09. The van der Waals surface area contributed by atoms with Gasteiger partial charge in [0.1, 0.15) is 0 Å². The Kier molecular flexibility index (Phi) is 3.67. The molecule has 0 unspecified atom stereocenters. The van der Waals surface area contributed by atoms with Crippen LogP contribution < -0.4 is 5.32 Å². The van der Waals surface area contributed by atoms with Crippen molar-refractivity contribution in [2.75, 3.05) is 0 Å². The van der Waals surface area contributed by atoms with Crippen LogP contribution in [-0.2, 0) is 13.1 Å². The Balaban J connectivity index is 2.06. The highest BCUT2D eigenvalue weighted by Gasteiger charge is 2.21. The predicted molar refractivity (Wildman–Crippen MR) is 71.0 cm³/mol. The summed E-state index contributed by atoms with van der Waals surface area (Å²) in [7, 11) is 0. The van der Waals surface area contributed by atoms with Crippen LogP contribution in [0.4, 0.5) is 0 Å². The molecule has 3 heteroatoms. The van der Waals surface area contributed by atoms with Gasteiger partial charge in [-0.3, -0.25) is 4.68 Å². The molecule has 1 aliphatic rings. The van der Waals surface area contributed by atoms with Gasteiger partial charge in [-0.15, -0.1) is 0 Å². The van der Waals surface area contributed by atoms with E-state index in [1.807, 2.05) is 0 Å². The van der Waals surface area contributed by atoms with Crippen LogP contribution in [0.25, 0.3) is 0 Å². The molecule has 1 aromatic heterocycles. The molecule has 0 atom stereocenters. The zero-order valence-electron chi connectivity index (χ0n) is 11.2. The second kappa shape index (κ2) is 5.05. The molecule has 0 aromatic carbocycles. The second-order valence-electron chi connectivity index (χ2n) is 5.07. The normalized spacial score (nSPS) is 15.2. The minimum atomic E-state index is 0.753. The molecular formula is C14H23N3. The van der Waals surface area contributed by atoms with E-state index in [0.29, 0.717) is 0 Å². The van der Waals surface area contributed by atoms with Crippen LogP contribution in [0.3, 0.4) is 0 Å². The van der Waals surface area contributed by atoms with E-state index in [1.165, 1.54) is 29.7 Å². The molecule has 0 saturated heterocycles. The topological polar surface area (TPSA) is 29.9 Å². The van der Waals surface area contributed by atoms with Crippen molar-refractivity contribution in [2.24, 2.45) is 0 Å². The average molecular weight is 233 g/mol. The van der Waals surface area contributed by atoms with Gasteiger partial charge in [-0.1, -0.05) is 19.1 Å². The smallest absolute Gasteiger partial charge is 0.0641 e. The highest BCUT2D eigenvalue weighted by molar-refractivity contribution is 5.25. The van der Waals surface area contributed by atoms with E-state index < -0.39 is 0 Å². The summed E-state index contributed by atoms with van der Waals surface area (Å²) in [5.74, 6) is 0.